The molecular formula is C17H19BrN4O2S. The number of carbonyl (C=O) groups excluding carboxylic acids is 1. The summed E-state index contributed by atoms with van der Waals surface area (Å²) < 4.78 is 2.36. The monoisotopic (exact) mass is 422 g/mol. The number of aryl methyl sites for hydroxylation is 1. The third-order valence-corrected chi connectivity index (χ3v) is 4.75. The summed E-state index contributed by atoms with van der Waals surface area (Å²) in [5, 5.41) is 4.45. The van der Waals surface area contributed by atoms with E-state index in [0.717, 1.165) is 10.0 Å². The van der Waals surface area contributed by atoms with Gasteiger partial charge in [0.15, 0.2) is 5.16 Å². The number of amides is 1. The number of aromatic nitrogens is 2. The molecule has 2 rings (SSSR count). The molecule has 0 radical (unpaired) electrons. The molecular weight excluding hydrogens is 404 g/mol. The highest BCUT2D eigenvalue weighted by molar-refractivity contribution is 9.10. The van der Waals surface area contributed by atoms with Crippen LogP contribution in [-0.4, -0.2) is 27.9 Å². The van der Waals surface area contributed by atoms with Crippen LogP contribution in [0.15, 0.2) is 43.8 Å². The first kappa shape index (κ1) is 19.4. The van der Waals surface area contributed by atoms with Gasteiger partial charge in [0.05, 0.1) is 6.21 Å². The Hall–Kier alpha value is -1.93. The number of hydrogen-bond donors (Lipinski definition) is 1. The van der Waals surface area contributed by atoms with E-state index < -0.39 is 0 Å². The molecule has 1 amide bonds. The van der Waals surface area contributed by atoms with Crippen molar-refractivity contribution in [3.8, 4) is 0 Å². The summed E-state index contributed by atoms with van der Waals surface area (Å²) in [6.07, 6.45) is 3.95. The van der Waals surface area contributed by atoms with Gasteiger partial charge >= 0.3 is 0 Å². The fourth-order valence-corrected chi connectivity index (χ4v) is 3.15. The summed E-state index contributed by atoms with van der Waals surface area (Å²) >= 11 is 4.69. The highest BCUT2D eigenvalue weighted by Gasteiger charge is 2.14. The van der Waals surface area contributed by atoms with Gasteiger partial charge in [-0.1, -0.05) is 46.7 Å². The van der Waals surface area contributed by atoms with Crippen LogP contribution in [0.1, 0.15) is 23.7 Å². The van der Waals surface area contributed by atoms with Gasteiger partial charge in [0, 0.05) is 15.7 Å². The van der Waals surface area contributed by atoms with Crippen LogP contribution in [0.5, 0.6) is 0 Å². The molecule has 1 aromatic carbocycles. The molecule has 0 fully saturated rings. The van der Waals surface area contributed by atoms with Crippen molar-refractivity contribution in [2.75, 3.05) is 6.26 Å². The zero-order valence-corrected chi connectivity index (χ0v) is 16.6. The quantitative estimate of drug-likeness (QED) is 0.336. The van der Waals surface area contributed by atoms with Gasteiger partial charge in [-0.15, -0.1) is 0 Å². The van der Waals surface area contributed by atoms with Crippen LogP contribution < -0.4 is 11.0 Å². The Kier molecular flexibility index (Phi) is 6.95. The molecule has 25 heavy (non-hydrogen) atoms. The molecule has 0 aliphatic rings. The summed E-state index contributed by atoms with van der Waals surface area (Å²) in [5.41, 5.74) is 4.47. The molecule has 0 atom stereocenters. The fourth-order valence-electron chi connectivity index (χ4n) is 2.28. The number of carbonyl (C=O) groups is 1. The second-order valence-electron chi connectivity index (χ2n) is 5.25. The first-order chi connectivity index (χ1) is 12.0. The number of hydrazone groups is 1. The topological polar surface area (TPSA) is 76.3 Å². The lowest BCUT2D eigenvalue weighted by Gasteiger charge is -2.12. The van der Waals surface area contributed by atoms with E-state index in [-0.39, 0.29) is 18.0 Å². The van der Waals surface area contributed by atoms with Gasteiger partial charge in [-0.3, -0.25) is 14.2 Å². The number of halogens is 1. The summed E-state index contributed by atoms with van der Waals surface area (Å²) in [6.45, 7) is 3.59. The number of hydrogen-bond acceptors (Lipinski definition) is 5. The number of thioether (sulfide) groups is 1. The largest absolute Gasteiger partial charge is 0.278 e. The Morgan fingerprint density at radius 3 is 2.68 bits per heavy atom. The molecule has 6 nitrogen and oxygen atoms in total. The molecule has 0 saturated carbocycles. The van der Waals surface area contributed by atoms with E-state index in [4.69, 9.17) is 0 Å². The Balaban J connectivity index is 2.12. The highest BCUT2D eigenvalue weighted by Crippen LogP contribution is 2.12. The Morgan fingerprint density at radius 2 is 2.08 bits per heavy atom. The molecule has 1 N–H and O–H groups in total. The van der Waals surface area contributed by atoms with Crippen molar-refractivity contribution in [2.45, 2.75) is 32.0 Å². The van der Waals surface area contributed by atoms with E-state index in [2.05, 4.69) is 31.4 Å². The van der Waals surface area contributed by atoms with Gasteiger partial charge in [0.25, 0.3) is 11.5 Å². The number of nitrogens with one attached hydrogen (secondary N) is 1. The zero-order chi connectivity index (χ0) is 18.4. The number of nitrogens with zero attached hydrogens (tertiary/aromatic N) is 3. The average Bonchev–Trinajstić information content (AvgIpc) is 2.59. The predicted octanol–water partition coefficient (Wildman–Crippen LogP) is 2.75. The molecule has 0 spiro atoms. The molecule has 8 heteroatoms. The van der Waals surface area contributed by atoms with Crippen LogP contribution in [-0.2, 0) is 17.8 Å². The minimum atomic E-state index is -0.376. The first-order valence-corrected chi connectivity index (χ1v) is 9.69. The van der Waals surface area contributed by atoms with E-state index in [1.165, 1.54) is 16.3 Å². The molecule has 132 valence electrons. The lowest BCUT2D eigenvalue weighted by molar-refractivity contribution is -0.121. The van der Waals surface area contributed by atoms with Crippen LogP contribution in [0.2, 0.25) is 0 Å². The Labute approximate surface area is 158 Å². The zero-order valence-electron chi connectivity index (χ0n) is 14.2. The van der Waals surface area contributed by atoms with Crippen LogP contribution >= 0.6 is 27.7 Å². The molecule has 0 bridgehead atoms. The number of benzene rings is 1. The van der Waals surface area contributed by atoms with Gasteiger partial charge in [-0.2, -0.15) is 5.10 Å². The second-order valence-corrected chi connectivity index (χ2v) is 6.94. The molecule has 0 aliphatic heterocycles. The van der Waals surface area contributed by atoms with Crippen molar-refractivity contribution in [2.24, 2.45) is 5.10 Å². The minimum absolute atomic E-state index is 0.118. The minimum Gasteiger partial charge on any atom is -0.278 e. The third kappa shape index (κ3) is 5.02. The van der Waals surface area contributed by atoms with E-state index in [1.54, 1.807) is 6.21 Å². The summed E-state index contributed by atoms with van der Waals surface area (Å²) in [6, 6.07) is 7.51. The van der Waals surface area contributed by atoms with E-state index >= 15 is 0 Å². The van der Waals surface area contributed by atoms with Crippen LogP contribution in [0, 0.1) is 6.92 Å². The van der Waals surface area contributed by atoms with Gasteiger partial charge in [-0.25, -0.2) is 10.4 Å². The maximum atomic E-state index is 12.5. The lowest BCUT2D eigenvalue weighted by Crippen LogP contribution is -2.33. The molecule has 0 unspecified atom stereocenters. The highest BCUT2D eigenvalue weighted by atomic mass is 79.9. The number of rotatable bonds is 6. The molecule has 1 heterocycles. The normalized spacial score (nSPS) is 11.0. The van der Waals surface area contributed by atoms with Gasteiger partial charge < -0.3 is 0 Å². The smallest absolute Gasteiger partial charge is 0.260 e. The summed E-state index contributed by atoms with van der Waals surface area (Å²) in [7, 11) is 0. The molecule has 1 aromatic heterocycles. The first-order valence-electron chi connectivity index (χ1n) is 7.68. The van der Waals surface area contributed by atoms with Crippen molar-refractivity contribution >= 4 is 39.8 Å². The van der Waals surface area contributed by atoms with Crippen molar-refractivity contribution < 1.29 is 4.79 Å². The summed E-state index contributed by atoms with van der Waals surface area (Å²) in [4.78, 5) is 29.1. The van der Waals surface area contributed by atoms with Gasteiger partial charge in [0.2, 0.25) is 0 Å². The van der Waals surface area contributed by atoms with Crippen molar-refractivity contribution in [1.82, 2.24) is 15.0 Å². The fraction of sp³-hybridized carbons (Fsp3) is 0.294. The predicted molar refractivity (Wildman–Crippen MR) is 104 cm³/mol. The van der Waals surface area contributed by atoms with Crippen molar-refractivity contribution in [1.29, 1.82) is 0 Å². The van der Waals surface area contributed by atoms with Crippen LogP contribution in [0.3, 0.4) is 0 Å². The molecule has 0 aliphatic carbocycles. The van der Waals surface area contributed by atoms with Crippen LogP contribution in [0.4, 0.5) is 0 Å². The maximum Gasteiger partial charge on any atom is 0.260 e. The molecule has 0 saturated heterocycles. The maximum absolute atomic E-state index is 12.5. The van der Waals surface area contributed by atoms with E-state index in [9.17, 15) is 9.59 Å². The Morgan fingerprint density at radius 1 is 1.40 bits per heavy atom. The summed E-state index contributed by atoms with van der Waals surface area (Å²) in [5.74, 6) is -0.376. The van der Waals surface area contributed by atoms with Crippen molar-refractivity contribution in [3.63, 3.8) is 0 Å². The average molecular weight is 423 g/mol. The van der Waals surface area contributed by atoms with Crippen LogP contribution in [0.25, 0.3) is 0 Å². The lowest BCUT2D eigenvalue weighted by atomic mass is 10.2. The molecule has 2 aromatic rings. The second kappa shape index (κ2) is 8.96. The standard InChI is InChI=1S/C17H19BrN4O2S/c1-4-14-11(2)20-17(25-3)22(16(14)24)10-15(23)21-19-9-12-5-7-13(18)8-6-12/h5-9H,4,10H2,1-3H3,(H,21,23)/b19-9-. The van der Waals surface area contributed by atoms with E-state index in [0.29, 0.717) is 22.8 Å². The van der Waals surface area contributed by atoms with Gasteiger partial charge in [0.1, 0.15) is 6.54 Å². The SMILES string of the molecule is CCc1c(C)nc(SC)n(CC(=O)N/N=C\c2ccc(Br)cc2)c1=O. The third-order valence-electron chi connectivity index (χ3n) is 3.55. The van der Waals surface area contributed by atoms with Crippen molar-refractivity contribution in [3.05, 3.63) is 55.9 Å². The van der Waals surface area contributed by atoms with Gasteiger partial charge in [-0.05, 0) is 37.3 Å². The van der Waals surface area contributed by atoms with E-state index in [1.807, 2.05) is 44.4 Å². The Bertz CT molecular complexity index is 847.